The fourth-order valence-corrected chi connectivity index (χ4v) is 2.39. The number of carbonyl (C=O) groups excluding carboxylic acids is 1. The van der Waals surface area contributed by atoms with E-state index in [0.717, 1.165) is 27.7 Å². The number of likely N-dealkylation sites (N-methyl/N-ethyl adjacent to an activating group) is 1. The van der Waals surface area contributed by atoms with Gasteiger partial charge in [-0.1, -0.05) is 42.0 Å². The zero-order valence-electron chi connectivity index (χ0n) is 13.1. The van der Waals surface area contributed by atoms with Crippen molar-refractivity contribution in [2.75, 3.05) is 18.9 Å². The van der Waals surface area contributed by atoms with Gasteiger partial charge in [0.05, 0.1) is 17.8 Å². The Morgan fingerprint density at radius 2 is 1.87 bits per heavy atom. The molecule has 0 aliphatic rings. The van der Waals surface area contributed by atoms with E-state index < -0.39 is 0 Å². The summed E-state index contributed by atoms with van der Waals surface area (Å²) in [6.45, 7) is 2.19. The molecule has 0 unspecified atom stereocenters. The third-order valence-corrected chi connectivity index (χ3v) is 3.58. The lowest BCUT2D eigenvalue weighted by Gasteiger charge is -2.10. The molecule has 1 aromatic heterocycles. The van der Waals surface area contributed by atoms with Gasteiger partial charge in [-0.25, -0.2) is 9.97 Å². The van der Waals surface area contributed by atoms with Crippen molar-refractivity contribution in [1.82, 2.24) is 15.3 Å². The van der Waals surface area contributed by atoms with Crippen molar-refractivity contribution < 1.29 is 4.79 Å². The molecule has 2 N–H and O–H groups in total. The number of carbonyl (C=O) groups is 1. The molecule has 2 aromatic carbocycles. The summed E-state index contributed by atoms with van der Waals surface area (Å²) in [7, 11) is 1.60. The third kappa shape index (κ3) is 3.29. The number of hydrogen-bond donors (Lipinski definition) is 2. The molecule has 0 saturated heterocycles. The first kappa shape index (κ1) is 15.0. The Balaban J connectivity index is 2.11. The van der Waals surface area contributed by atoms with Gasteiger partial charge < -0.3 is 10.6 Å². The zero-order valence-corrected chi connectivity index (χ0v) is 13.1. The van der Waals surface area contributed by atoms with Crippen molar-refractivity contribution in [2.45, 2.75) is 6.92 Å². The highest BCUT2D eigenvalue weighted by Gasteiger charge is 2.10. The van der Waals surface area contributed by atoms with Crippen LogP contribution in [-0.2, 0) is 4.79 Å². The van der Waals surface area contributed by atoms with E-state index >= 15 is 0 Å². The minimum Gasteiger partial charge on any atom is -0.358 e. The second kappa shape index (κ2) is 6.44. The Morgan fingerprint density at radius 3 is 2.61 bits per heavy atom. The maximum Gasteiger partial charge on any atom is 0.239 e. The fourth-order valence-electron chi connectivity index (χ4n) is 2.39. The van der Waals surface area contributed by atoms with E-state index in [1.807, 2.05) is 49.4 Å². The summed E-state index contributed by atoms with van der Waals surface area (Å²) in [5.41, 5.74) is 3.89. The van der Waals surface area contributed by atoms with Gasteiger partial charge in [0.25, 0.3) is 0 Å². The van der Waals surface area contributed by atoms with Gasteiger partial charge in [-0.05, 0) is 19.1 Å². The van der Waals surface area contributed by atoms with Crippen molar-refractivity contribution in [2.24, 2.45) is 0 Å². The maximum absolute atomic E-state index is 11.4. The average molecular weight is 306 g/mol. The molecular formula is C18H18N4O. The van der Waals surface area contributed by atoms with E-state index in [2.05, 4.69) is 26.7 Å². The van der Waals surface area contributed by atoms with Crippen LogP contribution >= 0.6 is 0 Å². The molecule has 0 atom stereocenters. The highest BCUT2D eigenvalue weighted by atomic mass is 16.1. The van der Waals surface area contributed by atoms with Crippen molar-refractivity contribution in [3.8, 4) is 11.3 Å². The Hall–Kier alpha value is -2.95. The van der Waals surface area contributed by atoms with Crippen LogP contribution in [0, 0.1) is 6.92 Å². The summed E-state index contributed by atoms with van der Waals surface area (Å²) in [5, 5.41) is 6.55. The molecule has 0 radical (unpaired) electrons. The molecule has 0 fully saturated rings. The number of nitrogens with zero attached hydrogens (tertiary/aromatic N) is 2. The van der Waals surface area contributed by atoms with Gasteiger partial charge >= 0.3 is 0 Å². The van der Waals surface area contributed by atoms with E-state index in [9.17, 15) is 4.79 Å². The summed E-state index contributed by atoms with van der Waals surface area (Å²) in [4.78, 5) is 20.5. The van der Waals surface area contributed by atoms with Crippen molar-refractivity contribution in [3.63, 3.8) is 0 Å². The molecule has 0 saturated carbocycles. The number of amides is 1. The highest BCUT2D eigenvalue weighted by molar-refractivity contribution is 5.93. The second-order valence-corrected chi connectivity index (χ2v) is 5.31. The van der Waals surface area contributed by atoms with Gasteiger partial charge in [0, 0.05) is 18.0 Å². The highest BCUT2D eigenvalue weighted by Crippen LogP contribution is 2.27. The van der Waals surface area contributed by atoms with Crippen molar-refractivity contribution in [1.29, 1.82) is 0 Å². The first-order chi connectivity index (χ1) is 11.2. The summed E-state index contributed by atoms with van der Waals surface area (Å²) in [6, 6.07) is 16.1. The van der Waals surface area contributed by atoms with Gasteiger partial charge in [0.1, 0.15) is 0 Å². The molecule has 1 amide bonds. The molecule has 23 heavy (non-hydrogen) atoms. The van der Waals surface area contributed by atoms with Gasteiger partial charge in [0.2, 0.25) is 11.9 Å². The minimum absolute atomic E-state index is 0.112. The van der Waals surface area contributed by atoms with Crippen LogP contribution in [0.25, 0.3) is 22.2 Å². The van der Waals surface area contributed by atoms with E-state index in [-0.39, 0.29) is 12.5 Å². The number of nitrogens with one attached hydrogen (secondary N) is 2. The SMILES string of the molecule is CNC(=O)CNc1nc(-c2ccccc2)c2cc(C)ccc2n1. The molecule has 116 valence electrons. The number of aryl methyl sites for hydroxylation is 1. The van der Waals surface area contributed by atoms with Crippen LogP contribution in [0.2, 0.25) is 0 Å². The number of benzene rings is 2. The lowest BCUT2D eigenvalue weighted by Crippen LogP contribution is -2.26. The molecule has 3 rings (SSSR count). The fraction of sp³-hybridized carbons (Fsp3) is 0.167. The van der Waals surface area contributed by atoms with Gasteiger partial charge in [0.15, 0.2) is 0 Å². The Morgan fingerprint density at radius 1 is 1.09 bits per heavy atom. The predicted octanol–water partition coefficient (Wildman–Crippen LogP) is 2.76. The topological polar surface area (TPSA) is 66.9 Å². The van der Waals surface area contributed by atoms with Gasteiger partial charge in [-0.15, -0.1) is 0 Å². The van der Waals surface area contributed by atoms with Crippen LogP contribution in [0.4, 0.5) is 5.95 Å². The number of anilines is 1. The van der Waals surface area contributed by atoms with Crippen LogP contribution in [0.1, 0.15) is 5.56 Å². The van der Waals surface area contributed by atoms with Crippen LogP contribution in [0.5, 0.6) is 0 Å². The lowest BCUT2D eigenvalue weighted by molar-refractivity contribution is -0.118. The zero-order chi connectivity index (χ0) is 16.2. The third-order valence-electron chi connectivity index (χ3n) is 3.58. The molecule has 5 heteroatoms. The molecule has 0 spiro atoms. The Labute approximate surface area is 134 Å². The molecule has 1 heterocycles. The van der Waals surface area contributed by atoms with Crippen LogP contribution in [0.3, 0.4) is 0 Å². The van der Waals surface area contributed by atoms with Gasteiger partial charge in [-0.3, -0.25) is 4.79 Å². The number of rotatable bonds is 4. The van der Waals surface area contributed by atoms with Crippen molar-refractivity contribution in [3.05, 3.63) is 54.1 Å². The summed E-state index contributed by atoms with van der Waals surface area (Å²) in [6.07, 6.45) is 0. The maximum atomic E-state index is 11.4. The smallest absolute Gasteiger partial charge is 0.239 e. The van der Waals surface area contributed by atoms with Crippen LogP contribution in [-0.4, -0.2) is 29.5 Å². The monoisotopic (exact) mass is 306 g/mol. The van der Waals surface area contributed by atoms with Crippen molar-refractivity contribution >= 4 is 22.8 Å². The van der Waals surface area contributed by atoms with E-state index in [1.165, 1.54) is 0 Å². The largest absolute Gasteiger partial charge is 0.358 e. The quantitative estimate of drug-likeness (QED) is 0.778. The first-order valence-corrected chi connectivity index (χ1v) is 7.45. The molecule has 0 aliphatic carbocycles. The lowest BCUT2D eigenvalue weighted by atomic mass is 10.0. The van der Waals surface area contributed by atoms with Crippen LogP contribution < -0.4 is 10.6 Å². The molecule has 5 nitrogen and oxygen atoms in total. The molecule has 3 aromatic rings. The Bertz CT molecular complexity index is 846. The normalized spacial score (nSPS) is 10.5. The first-order valence-electron chi connectivity index (χ1n) is 7.45. The predicted molar refractivity (Wildman–Crippen MR) is 92.3 cm³/mol. The molecule has 0 bridgehead atoms. The van der Waals surface area contributed by atoms with E-state index in [0.29, 0.717) is 5.95 Å². The minimum atomic E-state index is -0.112. The van der Waals surface area contributed by atoms with E-state index in [4.69, 9.17) is 0 Å². The molecular weight excluding hydrogens is 288 g/mol. The number of fused-ring (bicyclic) bond motifs is 1. The second-order valence-electron chi connectivity index (χ2n) is 5.31. The summed E-state index contributed by atoms with van der Waals surface area (Å²) < 4.78 is 0. The summed E-state index contributed by atoms with van der Waals surface area (Å²) in [5.74, 6) is 0.336. The Kier molecular flexibility index (Phi) is 4.19. The standard InChI is InChI=1S/C18H18N4O/c1-12-8-9-15-14(10-12)17(13-6-4-3-5-7-13)22-18(21-15)20-11-16(23)19-2/h3-10H,11H2,1-2H3,(H,19,23)(H,20,21,22). The van der Waals surface area contributed by atoms with Gasteiger partial charge in [-0.2, -0.15) is 0 Å². The molecule has 0 aliphatic heterocycles. The number of hydrogen-bond acceptors (Lipinski definition) is 4. The van der Waals surface area contributed by atoms with Crippen LogP contribution in [0.15, 0.2) is 48.5 Å². The average Bonchev–Trinajstić information content (AvgIpc) is 2.59. The number of aromatic nitrogens is 2. The van der Waals surface area contributed by atoms with E-state index in [1.54, 1.807) is 7.05 Å². The summed E-state index contributed by atoms with van der Waals surface area (Å²) >= 11 is 0.